The van der Waals surface area contributed by atoms with Crippen molar-refractivity contribution in [3.05, 3.63) is 65.1 Å². The predicted octanol–water partition coefficient (Wildman–Crippen LogP) is 3.57. The van der Waals surface area contributed by atoms with Crippen LogP contribution in [0.15, 0.2) is 48.0 Å². The third-order valence-electron chi connectivity index (χ3n) is 4.15. The molecule has 28 heavy (non-hydrogen) atoms. The lowest BCUT2D eigenvalue weighted by Gasteiger charge is -2.15. The zero-order valence-corrected chi connectivity index (χ0v) is 16.4. The number of benzene rings is 1. The van der Waals surface area contributed by atoms with Crippen molar-refractivity contribution in [3.8, 4) is 11.5 Å². The summed E-state index contributed by atoms with van der Waals surface area (Å²) in [5, 5.41) is 3.62. The molecule has 1 aromatic heterocycles. The number of carbonyl (C=O) groups is 1. The van der Waals surface area contributed by atoms with Crippen LogP contribution in [0, 0.1) is 5.82 Å². The van der Waals surface area contributed by atoms with Crippen LogP contribution in [-0.4, -0.2) is 31.6 Å². The molecule has 148 valence electrons. The second-order valence-corrected chi connectivity index (χ2v) is 8.74. The van der Waals surface area contributed by atoms with Crippen molar-refractivity contribution in [2.24, 2.45) is 0 Å². The fourth-order valence-corrected chi connectivity index (χ4v) is 3.11. The standard InChI is InChI=1S/C20H21FN2O4S/c1-13(10-11-28(2,25)26)23-20(24)16-12-22-18(14-8-9-14)17(21)19(16)27-15-6-4-3-5-7-15/h3-7,10-14H,8-9H2,1-2H3,(H,23,24). The van der Waals surface area contributed by atoms with Gasteiger partial charge in [0.2, 0.25) is 0 Å². The summed E-state index contributed by atoms with van der Waals surface area (Å²) in [6.45, 7) is 1.61. The average molecular weight is 404 g/mol. The molecule has 1 aromatic carbocycles. The molecule has 1 heterocycles. The fourth-order valence-electron chi connectivity index (χ4n) is 2.59. The fraction of sp³-hybridized carbons (Fsp3) is 0.300. The van der Waals surface area contributed by atoms with Crippen molar-refractivity contribution in [2.75, 3.05) is 6.26 Å². The highest BCUT2D eigenvalue weighted by atomic mass is 32.2. The highest BCUT2D eigenvalue weighted by molar-refractivity contribution is 7.93. The van der Waals surface area contributed by atoms with Crippen LogP contribution in [0.2, 0.25) is 0 Å². The largest absolute Gasteiger partial charge is 0.453 e. The zero-order chi connectivity index (χ0) is 20.3. The van der Waals surface area contributed by atoms with Gasteiger partial charge < -0.3 is 10.1 Å². The third kappa shape index (κ3) is 5.16. The number of aromatic nitrogens is 1. The SMILES string of the molecule is CC(C=CS(C)(=O)=O)NC(=O)c1cnc(C2CC2)c(F)c1Oc1ccccc1. The van der Waals surface area contributed by atoms with E-state index in [1.54, 1.807) is 37.3 Å². The molecule has 1 amide bonds. The van der Waals surface area contributed by atoms with Gasteiger partial charge in [0.05, 0.1) is 5.69 Å². The number of carbonyl (C=O) groups excluding carboxylic acids is 1. The van der Waals surface area contributed by atoms with E-state index >= 15 is 4.39 Å². The summed E-state index contributed by atoms with van der Waals surface area (Å²) in [5.41, 5.74) is 0.248. The number of amides is 1. The Morgan fingerprint density at radius 2 is 2.00 bits per heavy atom. The van der Waals surface area contributed by atoms with E-state index in [0.717, 1.165) is 24.5 Å². The third-order valence-corrected chi connectivity index (χ3v) is 4.80. The van der Waals surface area contributed by atoms with E-state index in [0.29, 0.717) is 11.4 Å². The Hall–Kier alpha value is -2.74. The Morgan fingerprint density at radius 3 is 2.61 bits per heavy atom. The molecule has 6 nitrogen and oxygen atoms in total. The van der Waals surface area contributed by atoms with Crippen LogP contribution in [-0.2, 0) is 9.84 Å². The number of para-hydroxylation sites is 1. The van der Waals surface area contributed by atoms with E-state index in [9.17, 15) is 13.2 Å². The number of pyridine rings is 1. The van der Waals surface area contributed by atoms with Gasteiger partial charge in [0, 0.05) is 29.8 Å². The number of nitrogens with zero attached hydrogens (tertiary/aromatic N) is 1. The normalized spacial score (nSPS) is 15.4. The van der Waals surface area contributed by atoms with Gasteiger partial charge in [-0.15, -0.1) is 0 Å². The van der Waals surface area contributed by atoms with Gasteiger partial charge in [0.25, 0.3) is 5.91 Å². The lowest BCUT2D eigenvalue weighted by atomic mass is 10.1. The van der Waals surface area contributed by atoms with Gasteiger partial charge in [0.1, 0.15) is 11.3 Å². The van der Waals surface area contributed by atoms with Gasteiger partial charge in [0.15, 0.2) is 21.4 Å². The molecule has 0 radical (unpaired) electrons. The molecule has 1 N–H and O–H groups in total. The van der Waals surface area contributed by atoms with Crippen LogP contribution in [0.1, 0.15) is 41.7 Å². The Bertz CT molecular complexity index is 1000. The molecule has 1 saturated carbocycles. The van der Waals surface area contributed by atoms with Crippen LogP contribution in [0.25, 0.3) is 0 Å². The maximum atomic E-state index is 15.1. The second kappa shape index (κ2) is 8.10. The van der Waals surface area contributed by atoms with Crippen LogP contribution in [0.3, 0.4) is 0 Å². The molecule has 2 aromatic rings. The van der Waals surface area contributed by atoms with E-state index in [-0.39, 0.29) is 17.2 Å². The van der Waals surface area contributed by atoms with Crippen LogP contribution in [0.5, 0.6) is 11.5 Å². The molecular weight excluding hydrogens is 383 g/mol. The molecule has 1 fully saturated rings. The Morgan fingerprint density at radius 1 is 1.32 bits per heavy atom. The summed E-state index contributed by atoms with van der Waals surface area (Å²) in [6, 6.07) is 8.03. The Balaban J connectivity index is 1.89. The summed E-state index contributed by atoms with van der Waals surface area (Å²) in [7, 11) is -3.31. The molecule has 0 spiro atoms. The van der Waals surface area contributed by atoms with Gasteiger partial charge in [-0.2, -0.15) is 0 Å². The molecule has 1 aliphatic carbocycles. The van der Waals surface area contributed by atoms with E-state index in [1.807, 2.05) is 0 Å². The zero-order valence-electron chi connectivity index (χ0n) is 15.6. The van der Waals surface area contributed by atoms with Crippen molar-refractivity contribution in [1.82, 2.24) is 10.3 Å². The van der Waals surface area contributed by atoms with Crippen molar-refractivity contribution < 1.29 is 22.3 Å². The molecule has 1 unspecified atom stereocenters. The number of hydrogen-bond acceptors (Lipinski definition) is 5. The monoisotopic (exact) mass is 404 g/mol. The Kier molecular flexibility index (Phi) is 5.79. The first-order valence-corrected chi connectivity index (χ1v) is 10.8. The van der Waals surface area contributed by atoms with Crippen molar-refractivity contribution in [3.63, 3.8) is 0 Å². The van der Waals surface area contributed by atoms with Crippen molar-refractivity contribution in [2.45, 2.75) is 31.7 Å². The predicted molar refractivity (Wildman–Crippen MR) is 104 cm³/mol. The van der Waals surface area contributed by atoms with E-state index < -0.39 is 27.6 Å². The molecular formula is C20H21FN2O4S. The number of nitrogens with one attached hydrogen (secondary N) is 1. The summed E-state index contributed by atoms with van der Waals surface area (Å²) in [4.78, 5) is 16.8. The number of halogens is 1. The minimum absolute atomic E-state index is 0.0480. The Labute approximate surface area is 163 Å². The molecule has 8 heteroatoms. The van der Waals surface area contributed by atoms with Crippen molar-refractivity contribution in [1.29, 1.82) is 0 Å². The summed E-state index contributed by atoms with van der Waals surface area (Å²) >= 11 is 0. The van der Waals surface area contributed by atoms with Gasteiger partial charge in [-0.3, -0.25) is 9.78 Å². The topological polar surface area (TPSA) is 85.4 Å². The summed E-state index contributed by atoms with van der Waals surface area (Å²) < 4.78 is 43.2. The number of sulfone groups is 1. The molecule has 1 aliphatic rings. The van der Waals surface area contributed by atoms with Gasteiger partial charge in [-0.1, -0.05) is 24.3 Å². The summed E-state index contributed by atoms with van der Waals surface area (Å²) in [6.07, 6.45) is 5.41. The lowest BCUT2D eigenvalue weighted by molar-refractivity contribution is 0.0943. The van der Waals surface area contributed by atoms with Crippen molar-refractivity contribution >= 4 is 15.7 Å². The number of hydrogen-bond donors (Lipinski definition) is 1. The quantitative estimate of drug-likeness (QED) is 0.763. The minimum atomic E-state index is -3.31. The maximum absolute atomic E-state index is 15.1. The van der Waals surface area contributed by atoms with E-state index in [2.05, 4.69) is 10.3 Å². The minimum Gasteiger partial charge on any atom is -0.453 e. The molecule has 0 saturated heterocycles. The highest BCUT2D eigenvalue weighted by Crippen LogP contribution is 2.43. The van der Waals surface area contributed by atoms with Gasteiger partial charge >= 0.3 is 0 Å². The van der Waals surface area contributed by atoms with Gasteiger partial charge in [-0.25, -0.2) is 12.8 Å². The highest BCUT2D eigenvalue weighted by Gasteiger charge is 2.32. The lowest BCUT2D eigenvalue weighted by Crippen LogP contribution is -2.31. The van der Waals surface area contributed by atoms with E-state index in [4.69, 9.17) is 4.74 Å². The van der Waals surface area contributed by atoms with Gasteiger partial charge in [-0.05, 0) is 31.9 Å². The average Bonchev–Trinajstić information content (AvgIpc) is 3.47. The summed E-state index contributed by atoms with van der Waals surface area (Å²) in [5.74, 6) is -0.983. The molecule has 0 bridgehead atoms. The first kappa shape index (κ1) is 20.0. The first-order valence-electron chi connectivity index (χ1n) is 8.85. The van der Waals surface area contributed by atoms with Crippen LogP contribution < -0.4 is 10.1 Å². The smallest absolute Gasteiger partial charge is 0.257 e. The van der Waals surface area contributed by atoms with Crippen LogP contribution in [0.4, 0.5) is 4.39 Å². The number of rotatable bonds is 7. The molecule has 3 rings (SSSR count). The van der Waals surface area contributed by atoms with Crippen LogP contribution >= 0.6 is 0 Å². The number of ether oxygens (including phenoxy) is 1. The maximum Gasteiger partial charge on any atom is 0.257 e. The first-order chi connectivity index (χ1) is 13.2. The second-order valence-electron chi connectivity index (χ2n) is 6.81. The van der Waals surface area contributed by atoms with E-state index in [1.165, 1.54) is 12.3 Å². The molecule has 0 aliphatic heterocycles. The molecule has 1 atom stereocenters.